The molecule has 2 unspecified atom stereocenters. The SMILES string of the molecule is O=C(O)C(O)CNC(=O)C1NCCc2ccccc21. The molecule has 0 radical (unpaired) electrons. The normalized spacial score (nSPS) is 19.3. The van der Waals surface area contributed by atoms with Gasteiger partial charge >= 0.3 is 5.97 Å². The minimum atomic E-state index is -1.58. The highest BCUT2D eigenvalue weighted by Crippen LogP contribution is 2.22. The van der Waals surface area contributed by atoms with Crippen LogP contribution in [0.3, 0.4) is 0 Å². The number of aliphatic carboxylic acids is 1. The molecule has 6 nitrogen and oxygen atoms in total. The van der Waals surface area contributed by atoms with Crippen LogP contribution in [0.25, 0.3) is 0 Å². The second kappa shape index (κ2) is 5.81. The van der Waals surface area contributed by atoms with Gasteiger partial charge in [0.05, 0.1) is 6.54 Å². The van der Waals surface area contributed by atoms with Gasteiger partial charge in [-0.3, -0.25) is 4.79 Å². The number of hydrogen-bond acceptors (Lipinski definition) is 4. The monoisotopic (exact) mass is 264 g/mol. The van der Waals surface area contributed by atoms with E-state index in [1.807, 2.05) is 24.3 Å². The Hall–Kier alpha value is -1.92. The van der Waals surface area contributed by atoms with E-state index in [9.17, 15) is 9.59 Å². The zero-order valence-electron chi connectivity index (χ0n) is 10.3. The van der Waals surface area contributed by atoms with E-state index >= 15 is 0 Å². The van der Waals surface area contributed by atoms with Crippen LogP contribution < -0.4 is 10.6 Å². The number of carboxylic acid groups (broad SMARTS) is 1. The Kier molecular flexibility index (Phi) is 4.13. The summed E-state index contributed by atoms with van der Waals surface area (Å²) in [5.74, 6) is -1.68. The van der Waals surface area contributed by atoms with Gasteiger partial charge in [-0.05, 0) is 17.5 Å². The van der Waals surface area contributed by atoms with E-state index in [-0.39, 0.29) is 12.5 Å². The molecule has 1 heterocycles. The highest BCUT2D eigenvalue weighted by Gasteiger charge is 2.26. The summed E-state index contributed by atoms with van der Waals surface area (Å²) >= 11 is 0. The Morgan fingerprint density at radius 1 is 1.42 bits per heavy atom. The molecule has 19 heavy (non-hydrogen) atoms. The van der Waals surface area contributed by atoms with E-state index in [0.717, 1.165) is 17.5 Å². The standard InChI is InChI=1S/C13H16N2O4/c16-10(13(18)19)7-15-12(17)11-9-4-2-1-3-8(9)5-6-14-11/h1-4,10-11,14,16H,5-7H2,(H,15,17)(H,18,19). The van der Waals surface area contributed by atoms with Crippen molar-refractivity contribution in [1.82, 2.24) is 10.6 Å². The quantitative estimate of drug-likeness (QED) is 0.584. The summed E-state index contributed by atoms with van der Waals surface area (Å²) in [7, 11) is 0. The summed E-state index contributed by atoms with van der Waals surface area (Å²) in [6.45, 7) is 0.394. The summed E-state index contributed by atoms with van der Waals surface area (Å²) in [6.07, 6.45) is -0.722. The summed E-state index contributed by atoms with van der Waals surface area (Å²) in [5.41, 5.74) is 2.01. The van der Waals surface area contributed by atoms with Crippen molar-refractivity contribution in [3.63, 3.8) is 0 Å². The van der Waals surface area contributed by atoms with Crippen molar-refractivity contribution in [3.8, 4) is 0 Å². The fourth-order valence-electron chi connectivity index (χ4n) is 2.13. The van der Waals surface area contributed by atoms with Crippen LogP contribution in [0.15, 0.2) is 24.3 Å². The second-order valence-electron chi connectivity index (χ2n) is 4.44. The lowest BCUT2D eigenvalue weighted by atomic mass is 9.94. The van der Waals surface area contributed by atoms with Crippen LogP contribution in [0.4, 0.5) is 0 Å². The van der Waals surface area contributed by atoms with E-state index in [1.165, 1.54) is 0 Å². The van der Waals surface area contributed by atoms with Crippen molar-refractivity contribution in [3.05, 3.63) is 35.4 Å². The summed E-state index contributed by atoms with van der Waals surface area (Å²) in [4.78, 5) is 22.5. The Bertz CT molecular complexity index is 489. The molecule has 0 bridgehead atoms. The van der Waals surface area contributed by atoms with E-state index in [4.69, 9.17) is 10.2 Å². The molecular weight excluding hydrogens is 248 g/mol. The highest BCUT2D eigenvalue weighted by molar-refractivity contribution is 5.84. The molecule has 0 fully saturated rings. The van der Waals surface area contributed by atoms with Gasteiger partial charge in [-0.2, -0.15) is 0 Å². The zero-order valence-corrected chi connectivity index (χ0v) is 10.3. The number of carbonyl (C=O) groups excluding carboxylic acids is 1. The average Bonchev–Trinajstić information content (AvgIpc) is 2.43. The Morgan fingerprint density at radius 3 is 2.89 bits per heavy atom. The molecule has 0 saturated carbocycles. The van der Waals surface area contributed by atoms with Crippen molar-refractivity contribution in [2.24, 2.45) is 0 Å². The number of carboxylic acids is 1. The third-order valence-corrected chi connectivity index (χ3v) is 3.13. The van der Waals surface area contributed by atoms with Gasteiger partial charge in [-0.15, -0.1) is 0 Å². The molecular formula is C13H16N2O4. The fourth-order valence-corrected chi connectivity index (χ4v) is 2.13. The van der Waals surface area contributed by atoms with Gasteiger partial charge in [0.25, 0.3) is 0 Å². The first kappa shape index (κ1) is 13.5. The number of amides is 1. The fraction of sp³-hybridized carbons (Fsp3) is 0.385. The first-order valence-corrected chi connectivity index (χ1v) is 6.09. The van der Waals surface area contributed by atoms with Gasteiger partial charge in [0.1, 0.15) is 6.04 Å². The largest absolute Gasteiger partial charge is 0.479 e. The smallest absolute Gasteiger partial charge is 0.334 e. The number of fused-ring (bicyclic) bond motifs is 1. The van der Waals surface area contributed by atoms with Crippen molar-refractivity contribution in [1.29, 1.82) is 0 Å². The second-order valence-corrected chi connectivity index (χ2v) is 4.44. The van der Waals surface area contributed by atoms with Crippen LogP contribution in [-0.2, 0) is 16.0 Å². The lowest BCUT2D eigenvalue weighted by Crippen LogP contribution is -2.44. The average molecular weight is 264 g/mol. The van der Waals surface area contributed by atoms with Crippen molar-refractivity contribution in [2.75, 3.05) is 13.1 Å². The Labute approximate surface area is 110 Å². The maximum absolute atomic E-state index is 12.0. The van der Waals surface area contributed by atoms with Crippen LogP contribution in [0.2, 0.25) is 0 Å². The molecule has 0 aliphatic carbocycles. The molecule has 0 saturated heterocycles. The van der Waals surface area contributed by atoms with E-state index in [2.05, 4.69) is 10.6 Å². The molecule has 1 aliphatic rings. The summed E-state index contributed by atoms with van der Waals surface area (Å²) in [5, 5.41) is 23.2. The predicted octanol–water partition coefficient (Wildman–Crippen LogP) is -0.565. The van der Waals surface area contributed by atoms with Crippen molar-refractivity contribution < 1.29 is 19.8 Å². The molecule has 1 aromatic rings. The third kappa shape index (κ3) is 3.10. The molecule has 0 aromatic heterocycles. The number of aliphatic hydroxyl groups excluding tert-OH is 1. The molecule has 1 amide bonds. The maximum atomic E-state index is 12.0. The topological polar surface area (TPSA) is 98.7 Å². The number of benzene rings is 1. The lowest BCUT2D eigenvalue weighted by molar-refractivity contribution is -0.146. The van der Waals surface area contributed by atoms with Crippen LogP contribution in [0, 0.1) is 0 Å². The minimum absolute atomic E-state index is 0.297. The van der Waals surface area contributed by atoms with Gasteiger partial charge in [0.2, 0.25) is 5.91 Å². The Morgan fingerprint density at radius 2 is 2.16 bits per heavy atom. The van der Waals surface area contributed by atoms with Crippen molar-refractivity contribution in [2.45, 2.75) is 18.6 Å². The van der Waals surface area contributed by atoms with Gasteiger partial charge < -0.3 is 20.8 Å². The van der Waals surface area contributed by atoms with Crippen LogP contribution in [-0.4, -0.2) is 41.3 Å². The molecule has 4 N–H and O–H groups in total. The molecule has 1 aromatic carbocycles. The molecule has 2 rings (SSSR count). The third-order valence-electron chi connectivity index (χ3n) is 3.13. The van der Waals surface area contributed by atoms with Gasteiger partial charge in [0, 0.05) is 6.54 Å². The van der Waals surface area contributed by atoms with E-state index < -0.39 is 18.1 Å². The minimum Gasteiger partial charge on any atom is -0.479 e. The number of nitrogens with one attached hydrogen (secondary N) is 2. The van der Waals surface area contributed by atoms with Crippen LogP contribution in [0.1, 0.15) is 17.2 Å². The summed E-state index contributed by atoms with van der Waals surface area (Å²) < 4.78 is 0. The summed E-state index contributed by atoms with van der Waals surface area (Å²) in [6, 6.07) is 7.14. The highest BCUT2D eigenvalue weighted by atomic mass is 16.4. The first-order chi connectivity index (χ1) is 9.09. The van der Waals surface area contributed by atoms with Crippen LogP contribution >= 0.6 is 0 Å². The van der Waals surface area contributed by atoms with Gasteiger partial charge in [0.15, 0.2) is 6.10 Å². The number of aliphatic hydroxyl groups is 1. The molecule has 102 valence electrons. The molecule has 2 atom stereocenters. The first-order valence-electron chi connectivity index (χ1n) is 6.09. The predicted molar refractivity (Wildman–Crippen MR) is 67.5 cm³/mol. The Balaban J connectivity index is 2.03. The lowest BCUT2D eigenvalue weighted by Gasteiger charge is -2.26. The van der Waals surface area contributed by atoms with Crippen LogP contribution in [0.5, 0.6) is 0 Å². The number of hydrogen-bond donors (Lipinski definition) is 4. The van der Waals surface area contributed by atoms with E-state index in [1.54, 1.807) is 0 Å². The van der Waals surface area contributed by atoms with E-state index in [0.29, 0.717) is 6.54 Å². The van der Waals surface area contributed by atoms with Gasteiger partial charge in [-0.1, -0.05) is 24.3 Å². The van der Waals surface area contributed by atoms with Crippen molar-refractivity contribution >= 4 is 11.9 Å². The molecule has 0 spiro atoms. The maximum Gasteiger partial charge on any atom is 0.334 e. The number of rotatable bonds is 4. The zero-order chi connectivity index (χ0) is 13.8. The molecule has 1 aliphatic heterocycles. The molecule has 6 heteroatoms. The number of carbonyl (C=O) groups is 2. The van der Waals surface area contributed by atoms with Gasteiger partial charge in [-0.25, -0.2) is 4.79 Å².